The quantitative estimate of drug-likeness (QED) is 0.659. The summed E-state index contributed by atoms with van der Waals surface area (Å²) in [7, 11) is -3.55. The van der Waals surface area contributed by atoms with Gasteiger partial charge in [0.2, 0.25) is 15.9 Å². The first kappa shape index (κ1) is 23.6. The number of halogens is 1. The minimum absolute atomic E-state index is 0.128. The third kappa shape index (κ3) is 5.36. The summed E-state index contributed by atoms with van der Waals surface area (Å²) in [5.74, 6) is -0.254. The van der Waals surface area contributed by atoms with Gasteiger partial charge >= 0.3 is 0 Å². The molecule has 0 spiro atoms. The molecule has 7 heteroatoms. The van der Waals surface area contributed by atoms with Crippen molar-refractivity contribution in [2.75, 3.05) is 26.2 Å². The van der Waals surface area contributed by atoms with E-state index in [9.17, 15) is 17.6 Å². The number of carbonyl (C=O) groups excluding carboxylic acids is 1. The summed E-state index contributed by atoms with van der Waals surface area (Å²) in [6.07, 6.45) is 4.67. The minimum Gasteiger partial charge on any atom is -0.342 e. The molecule has 0 bridgehead atoms. The average Bonchev–Trinajstić information content (AvgIpc) is 2.79. The van der Waals surface area contributed by atoms with Crippen LogP contribution in [0.4, 0.5) is 4.39 Å². The van der Waals surface area contributed by atoms with Crippen molar-refractivity contribution >= 4 is 22.0 Å². The molecule has 0 radical (unpaired) electrons. The van der Waals surface area contributed by atoms with Crippen LogP contribution in [0.25, 0.3) is 6.08 Å². The smallest absolute Gasteiger partial charge is 0.243 e. The number of carbonyl (C=O) groups is 1. The van der Waals surface area contributed by atoms with E-state index in [1.807, 2.05) is 43.0 Å². The molecule has 5 nitrogen and oxygen atoms in total. The first-order chi connectivity index (χ1) is 15.7. The lowest BCUT2D eigenvalue weighted by atomic mass is 9.94. The summed E-state index contributed by atoms with van der Waals surface area (Å²) >= 11 is 0. The molecule has 0 atom stereocenters. The SMILES string of the molecule is Cc1ccc(S(=O)(=O)N2CCC(C(=O)N3CCC(=Cc4cccc(F)c4)CC3)CC2)c(C)c1. The standard InChI is InChI=1S/C26H31FN2O3S/c1-19-6-7-25(20(2)16-19)33(31,32)29-14-10-23(11-15-29)26(30)28-12-8-21(9-13-28)17-22-4-3-5-24(27)18-22/h3-7,16-18,23H,8-15H2,1-2H3. The highest BCUT2D eigenvalue weighted by molar-refractivity contribution is 7.89. The molecule has 0 aromatic heterocycles. The maximum atomic E-state index is 13.4. The Balaban J connectivity index is 1.32. The number of amides is 1. The molecule has 2 aromatic rings. The van der Waals surface area contributed by atoms with E-state index < -0.39 is 10.0 Å². The van der Waals surface area contributed by atoms with Crippen LogP contribution < -0.4 is 0 Å². The zero-order valence-electron chi connectivity index (χ0n) is 19.3. The molecule has 0 unspecified atom stereocenters. The summed E-state index contributed by atoms with van der Waals surface area (Å²) in [6, 6.07) is 11.9. The Kier molecular flexibility index (Phi) is 7.00. The van der Waals surface area contributed by atoms with E-state index >= 15 is 0 Å². The van der Waals surface area contributed by atoms with Gasteiger partial charge in [-0.3, -0.25) is 4.79 Å². The number of likely N-dealkylation sites (tertiary alicyclic amines) is 1. The molecule has 1 amide bonds. The van der Waals surface area contributed by atoms with Crippen LogP contribution in [0.1, 0.15) is 42.4 Å². The molecule has 0 N–H and O–H groups in total. The molecule has 2 aliphatic heterocycles. The molecule has 176 valence electrons. The highest BCUT2D eigenvalue weighted by Gasteiger charge is 2.34. The zero-order valence-corrected chi connectivity index (χ0v) is 20.1. The number of sulfonamides is 1. The van der Waals surface area contributed by atoms with E-state index in [-0.39, 0.29) is 17.6 Å². The van der Waals surface area contributed by atoms with Crippen LogP contribution in [0.5, 0.6) is 0 Å². The van der Waals surface area contributed by atoms with E-state index in [1.165, 1.54) is 22.0 Å². The Labute approximate surface area is 196 Å². The largest absolute Gasteiger partial charge is 0.342 e. The lowest BCUT2D eigenvalue weighted by molar-refractivity contribution is -0.137. The second kappa shape index (κ2) is 9.77. The molecule has 2 fully saturated rings. The van der Waals surface area contributed by atoms with Gasteiger partial charge in [-0.25, -0.2) is 12.8 Å². The lowest BCUT2D eigenvalue weighted by Gasteiger charge is -2.35. The van der Waals surface area contributed by atoms with E-state index in [0.29, 0.717) is 43.9 Å². The van der Waals surface area contributed by atoms with Gasteiger partial charge in [0.25, 0.3) is 0 Å². The van der Waals surface area contributed by atoms with Gasteiger partial charge < -0.3 is 4.90 Å². The fraction of sp³-hybridized carbons (Fsp3) is 0.423. The average molecular weight is 471 g/mol. The summed E-state index contributed by atoms with van der Waals surface area (Å²) in [6.45, 7) is 5.81. The van der Waals surface area contributed by atoms with Gasteiger partial charge in [0.1, 0.15) is 5.82 Å². The summed E-state index contributed by atoms with van der Waals surface area (Å²) in [5, 5.41) is 0. The fourth-order valence-electron chi connectivity index (χ4n) is 4.82. The van der Waals surface area contributed by atoms with Gasteiger partial charge in [-0.2, -0.15) is 4.31 Å². The number of piperidine rings is 2. The molecule has 33 heavy (non-hydrogen) atoms. The van der Waals surface area contributed by atoms with Crippen molar-refractivity contribution in [2.24, 2.45) is 5.92 Å². The highest BCUT2D eigenvalue weighted by atomic mass is 32.2. The molecule has 2 heterocycles. The predicted octanol–water partition coefficient (Wildman–Crippen LogP) is 4.55. The predicted molar refractivity (Wildman–Crippen MR) is 128 cm³/mol. The topological polar surface area (TPSA) is 57.7 Å². The van der Waals surface area contributed by atoms with Gasteiger partial charge in [-0.1, -0.05) is 41.5 Å². The van der Waals surface area contributed by atoms with E-state index in [1.54, 1.807) is 12.1 Å². The second-order valence-corrected chi connectivity index (χ2v) is 11.0. The van der Waals surface area contributed by atoms with Crippen LogP contribution in [0.3, 0.4) is 0 Å². The second-order valence-electron chi connectivity index (χ2n) is 9.13. The number of nitrogens with zero attached hydrogens (tertiary/aromatic N) is 2. The maximum absolute atomic E-state index is 13.4. The molecule has 0 aliphatic carbocycles. The lowest BCUT2D eigenvalue weighted by Crippen LogP contribution is -2.46. The summed E-state index contributed by atoms with van der Waals surface area (Å²) in [5.41, 5.74) is 3.86. The third-order valence-electron chi connectivity index (χ3n) is 6.69. The molecular formula is C26H31FN2O3S. The van der Waals surface area contributed by atoms with Crippen LogP contribution in [0, 0.1) is 25.6 Å². The molecule has 2 aromatic carbocycles. The van der Waals surface area contributed by atoms with Gasteiger partial charge in [-0.05, 0) is 68.9 Å². The van der Waals surface area contributed by atoms with Crippen molar-refractivity contribution in [1.29, 1.82) is 0 Å². The highest BCUT2D eigenvalue weighted by Crippen LogP contribution is 2.28. The van der Waals surface area contributed by atoms with Gasteiger partial charge in [0, 0.05) is 32.1 Å². The van der Waals surface area contributed by atoms with Gasteiger partial charge in [-0.15, -0.1) is 0 Å². The first-order valence-electron chi connectivity index (χ1n) is 11.6. The molecule has 2 saturated heterocycles. The zero-order chi connectivity index (χ0) is 23.6. The van der Waals surface area contributed by atoms with Crippen LogP contribution in [-0.4, -0.2) is 49.7 Å². The Hall–Kier alpha value is -2.51. The Morgan fingerprint density at radius 2 is 1.70 bits per heavy atom. The van der Waals surface area contributed by atoms with Crippen molar-refractivity contribution in [3.63, 3.8) is 0 Å². The Morgan fingerprint density at radius 3 is 2.33 bits per heavy atom. The summed E-state index contributed by atoms with van der Waals surface area (Å²) < 4.78 is 41.1. The molecule has 0 saturated carbocycles. The van der Waals surface area contributed by atoms with E-state index in [4.69, 9.17) is 0 Å². The van der Waals surface area contributed by atoms with Crippen LogP contribution >= 0.6 is 0 Å². The Bertz CT molecular complexity index is 1160. The number of benzene rings is 2. The van der Waals surface area contributed by atoms with Gasteiger partial charge in [0.15, 0.2) is 0 Å². The molecular weight excluding hydrogens is 439 g/mol. The number of rotatable bonds is 4. The van der Waals surface area contributed by atoms with Crippen molar-refractivity contribution in [3.05, 3.63) is 70.5 Å². The van der Waals surface area contributed by atoms with Crippen LogP contribution in [0.15, 0.2) is 52.9 Å². The van der Waals surface area contributed by atoms with Crippen molar-refractivity contribution in [3.8, 4) is 0 Å². The maximum Gasteiger partial charge on any atom is 0.243 e. The Morgan fingerprint density at radius 1 is 1.00 bits per heavy atom. The fourth-order valence-corrected chi connectivity index (χ4v) is 6.50. The van der Waals surface area contributed by atoms with E-state index in [2.05, 4.69) is 0 Å². The number of aryl methyl sites for hydroxylation is 2. The molecule has 4 rings (SSSR count). The number of hydrogen-bond donors (Lipinski definition) is 0. The van der Waals surface area contributed by atoms with Crippen LogP contribution in [-0.2, 0) is 14.8 Å². The first-order valence-corrected chi connectivity index (χ1v) is 13.0. The third-order valence-corrected chi connectivity index (χ3v) is 8.75. The summed E-state index contributed by atoms with van der Waals surface area (Å²) in [4.78, 5) is 15.3. The van der Waals surface area contributed by atoms with Crippen molar-refractivity contribution in [1.82, 2.24) is 9.21 Å². The van der Waals surface area contributed by atoms with Gasteiger partial charge in [0.05, 0.1) is 4.90 Å². The normalized spacial score (nSPS) is 18.4. The van der Waals surface area contributed by atoms with Crippen LogP contribution in [0.2, 0.25) is 0 Å². The monoisotopic (exact) mass is 470 g/mol. The molecule has 2 aliphatic rings. The number of hydrogen-bond acceptors (Lipinski definition) is 3. The van der Waals surface area contributed by atoms with Crippen molar-refractivity contribution < 1.29 is 17.6 Å². The van der Waals surface area contributed by atoms with Crippen molar-refractivity contribution in [2.45, 2.75) is 44.4 Å². The minimum atomic E-state index is -3.55. The van der Waals surface area contributed by atoms with E-state index in [0.717, 1.165) is 29.5 Å².